The first kappa shape index (κ1) is 17.6. The molecule has 1 N–H and O–H groups in total. The highest BCUT2D eigenvalue weighted by atomic mass is 16.1. The van der Waals surface area contributed by atoms with Gasteiger partial charge in [0, 0.05) is 23.3 Å². The van der Waals surface area contributed by atoms with E-state index in [1.54, 1.807) is 12.4 Å². The summed E-state index contributed by atoms with van der Waals surface area (Å²) in [7, 11) is 0. The first-order valence-corrected chi connectivity index (χ1v) is 9.98. The van der Waals surface area contributed by atoms with Crippen LogP contribution in [-0.2, 0) is 6.42 Å². The van der Waals surface area contributed by atoms with Crippen molar-refractivity contribution in [2.24, 2.45) is 0 Å². The van der Waals surface area contributed by atoms with Crippen LogP contribution in [-0.4, -0.2) is 15.9 Å². The highest BCUT2D eigenvalue weighted by Gasteiger charge is 2.23. The van der Waals surface area contributed by atoms with Crippen molar-refractivity contribution < 1.29 is 4.79 Å². The van der Waals surface area contributed by atoms with Crippen LogP contribution in [0.15, 0.2) is 79.1 Å². The van der Waals surface area contributed by atoms with E-state index in [9.17, 15) is 4.79 Å². The van der Waals surface area contributed by atoms with E-state index in [2.05, 4.69) is 28.5 Å². The summed E-state index contributed by atoms with van der Waals surface area (Å²) in [6.07, 6.45) is 6.63. The van der Waals surface area contributed by atoms with E-state index in [1.165, 1.54) is 11.1 Å². The average molecular weight is 379 g/mol. The SMILES string of the molecule is O=C(NC1CCCc2ccccc21)c1cc(-c2cccnc2)nc2ccccc12. The van der Waals surface area contributed by atoms with Crippen molar-refractivity contribution >= 4 is 16.8 Å². The summed E-state index contributed by atoms with van der Waals surface area (Å²) in [5.74, 6) is -0.0598. The molecular formula is C25H21N3O. The summed E-state index contributed by atoms with van der Waals surface area (Å²) >= 11 is 0. The number of amides is 1. The van der Waals surface area contributed by atoms with E-state index in [-0.39, 0.29) is 11.9 Å². The summed E-state index contributed by atoms with van der Waals surface area (Å²) in [5.41, 5.74) is 5.68. The van der Waals surface area contributed by atoms with Crippen LogP contribution in [0, 0.1) is 0 Å². The van der Waals surface area contributed by atoms with Gasteiger partial charge in [-0.15, -0.1) is 0 Å². The Morgan fingerprint density at radius 3 is 2.76 bits per heavy atom. The van der Waals surface area contributed by atoms with Crippen LogP contribution < -0.4 is 5.32 Å². The van der Waals surface area contributed by atoms with E-state index in [0.717, 1.165) is 41.4 Å². The zero-order valence-electron chi connectivity index (χ0n) is 16.0. The largest absolute Gasteiger partial charge is 0.345 e. The van der Waals surface area contributed by atoms with Gasteiger partial charge >= 0.3 is 0 Å². The van der Waals surface area contributed by atoms with Gasteiger partial charge in [0.05, 0.1) is 22.8 Å². The lowest BCUT2D eigenvalue weighted by Crippen LogP contribution is -2.31. The van der Waals surface area contributed by atoms with Crippen LogP contribution in [0.2, 0.25) is 0 Å². The molecule has 0 saturated carbocycles. The number of hydrogen-bond donors (Lipinski definition) is 1. The van der Waals surface area contributed by atoms with Crippen molar-refractivity contribution in [1.82, 2.24) is 15.3 Å². The molecule has 142 valence electrons. The van der Waals surface area contributed by atoms with E-state index in [1.807, 2.05) is 48.5 Å². The Kier molecular flexibility index (Phi) is 4.53. The molecule has 1 atom stereocenters. The Morgan fingerprint density at radius 1 is 1.00 bits per heavy atom. The third kappa shape index (κ3) is 3.38. The van der Waals surface area contributed by atoms with E-state index < -0.39 is 0 Å². The summed E-state index contributed by atoms with van der Waals surface area (Å²) in [6.45, 7) is 0. The van der Waals surface area contributed by atoms with E-state index >= 15 is 0 Å². The van der Waals surface area contributed by atoms with Crippen molar-refractivity contribution in [3.63, 3.8) is 0 Å². The van der Waals surface area contributed by atoms with Crippen molar-refractivity contribution in [3.8, 4) is 11.3 Å². The molecule has 0 saturated heterocycles. The van der Waals surface area contributed by atoms with Gasteiger partial charge in [0.25, 0.3) is 5.91 Å². The van der Waals surface area contributed by atoms with Gasteiger partial charge in [-0.25, -0.2) is 4.98 Å². The molecule has 2 aromatic heterocycles. The Morgan fingerprint density at radius 2 is 1.86 bits per heavy atom. The predicted octanol–water partition coefficient (Wildman–Crippen LogP) is 5.10. The topological polar surface area (TPSA) is 54.9 Å². The van der Waals surface area contributed by atoms with Gasteiger partial charge in [-0.3, -0.25) is 9.78 Å². The van der Waals surface area contributed by atoms with Crippen molar-refractivity contribution in [2.75, 3.05) is 0 Å². The van der Waals surface area contributed by atoms with Crippen LogP contribution in [0.25, 0.3) is 22.2 Å². The smallest absolute Gasteiger partial charge is 0.252 e. The predicted molar refractivity (Wildman–Crippen MR) is 115 cm³/mol. The Hall–Kier alpha value is -3.53. The molecule has 5 rings (SSSR count). The highest BCUT2D eigenvalue weighted by molar-refractivity contribution is 6.07. The normalized spacial score (nSPS) is 15.7. The quantitative estimate of drug-likeness (QED) is 0.538. The molecule has 0 bridgehead atoms. The number of carbonyl (C=O) groups excluding carboxylic acids is 1. The monoisotopic (exact) mass is 379 g/mol. The zero-order valence-corrected chi connectivity index (χ0v) is 16.0. The maximum absolute atomic E-state index is 13.4. The number of fused-ring (bicyclic) bond motifs is 2. The van der Waals surface area contributed by atoms with Crippen LogP contribution >= 0.6 is 0 Å². The lowest BCUT2D eigenvalue weighted by molar-refractivity contribution is 0.0934. The van der Waals surface area contributed by atoms with Gasteiger partial charge < -0.3 is 5.32 Å². The zero-order chi connectivity index (χ0) is 19.6. The average Bonchev–Trinajstić information content (AvgIpc) is 2.79. The number of nitrogens with one attached hydrogen (secondary N) is 1. The molecule has 2 aromatic carbocycles. The molecule has 4 nitrogen and oxygen atoms in total. The lowest BCUT2D eigenvalue weighted by Gasteiger charge is -2.26. The van der Waals surface area contributed by atoms with Crippen LogP contribution in [0.5, 0.6) is 0 Å². The molecule has 2 heterocycles. The number of hydrogen-bond acceptors (Lipinski definition) is 3. The molecule has 1 amide bonds. The lowest BCUT2D eigenvalue weighted by atomic mass is 9.87. The van der Waals surface area contributed by atoms with Gasteiger partial charge in [-0.2, -0.15) is 0 Å². The number of nitrogens with zero attached hydrogens (tertiary/aromatic N) is 2. The van der Waals surface area contributed by atoms with Crippen molar-refractivity contribution in [2.45, 2.75) is 25.3 Å². The van der Waals surface area contributed by atoms with Gasteiger partial charge in [-0.05, 0) is 54.7 Å². The molecule has 1 unspecified atom stereocenters. The molecule has 1 aliphatic carbocycles. The molecular weight excluding hydrogens is 358 g/mol. The first-order valence-electron chi connectivity index (χ1n) is 9.98. The van der Waals surface area contributed by atoms with Gasteiger partial charge in [-0.1, -0.05) is 42.5 Å². The fourth-order valence-electron chi connectivity index (χ4n) is 4.17. The molecule has 0 fully saturated rings. The fraction of sp³-hybridized carbons (Fsp3) is 0.160. The van der Waals surface area contributed by atoms with E-state index in [4.69, 9.17) is 4.98 Å². The Balaban J connectivity index is 1.55. The number of para-hydroxylation sites is 1. The third-order valence-electron chi connectivity index (χ3n) is 5.59. The molecule has 4 aromatic rings. The summed E-state index contributed by atoms with van der Waals surface area (Å²) in [6, 6.07) is 22.0. The second-order valence-electron chi connectivity index (χ2n) is 7.43. The number of aromatic nitrogens is 2. The summed E-state index contributed by atoms with van der Waals surface area (Å²) in [5, 5.41) is 4.14. The molecule has 0 spiro atoms. The van der Waals surface area contributed by atoms with Crippen molar-refractivity contribution in [1.29, 1.82) is 0 Å². The minimum atomic E-state index is -0.0598. The second kappa shape index (κ2) is 7.47. The maximum atomic E-state index is 13.4. The molecule has 0 radical (unpaired) electrons. The molecule has 29 heavy (non-hydrogen) atoms. The molecule has 1 aliphatic rings. The Labute approximate surface area is 169 Å². The van der Waals surface area contributed by atoms with E-state index in [0.29, 0.717) is 5.56 Å². The highest BCUT2D eigenvalue weighted by Crippen LogP contribution is 2.31. The Bertz CT molecular complexity index is 1190. The number of benzene rings is 2. The van der Waals surface area contributed by atoms with Gasteiger partial charge in [0.15, 0.2) is 0 Å². The number of aryl methyl sites for hydroxylation is 1. The number of carbonyl (C=O) groups is 1. The van der Waals surface area contributed by atoms with Gasteiger partial charge in [0.1, 0.15) is 0 Å². The fourth-order valence-corrected chi connectivity index (χ4v) is 4.17. The first-order chi connectivity index (χ1) is 14.3. The molecule has 4 heteroatoms. The minimum absolute atomic E-state index is 0.0428. The number of rotatable bonds is 3. The summed E-state index contributed by atoms with van der Waals surface area (Å²) < 4.78 is 0. The maximum Gasteiger partial charge on any atom is 0.252 e. The van der Waals surface area contributed by atoms with Crippen molar-refractivity contribution in [3.05, 3.63) is 95.8 Å². The van der Waals surface area contributed by atoms with Gasteiger partial charge in [0.2, 0.25) is 0 Å². The van der Waals surface area contributed by atoms with Crippen LogP contribution in [0.1, 0.15) is 40.4 Å². The summed E-state index contributed by atoms with van der Waals surface area (Å²) in [4.78, 5) is 22.3. The minimum Gasteiger partial charge on any atom is -0.345 e. The van der Waals surface area contributed by atoms with Crippen LogP contribution in [0.3, 0.4) is 0 Å². The molecule has 0 aliphatic heterocycles. The number of pyridine rings is 2. The standard InChI is InChI=1S/C25H21N3O/c29-25(28-22-13-5-8-17-7-1-2-10-19(17)22)21-15-24(18-9-6-14-26-16-18)27-23-12-4-3-11-20(21)23/h1-4,6-7,9-12,14-16,22H,5,8,13H2,(H,28,29). The second-order valence-corrected chi connectivity index (χ2v) is 7.43. The third-order valence-corrected chi connectivity index (χ3v) is 5.59. The van der Waals surface area contributed by atoms with Crippen LogP contribution in [0.4, 0.5) is 0 Å².